The number of rotatable bonds is 5. The van der Waals surface area contributed by atoms with E-state index in [9.17, 15) is 8.42 Å². The Kier molecular flexibility index (Phi) is 5.29. The Hall–Kier alpha value is -1.05. The molecule has 1 unspecified atom stereocenters. The van der Waals surface area contributed by atoms with Gasteiger partial charge in [0.2, 0.25) is 10.0 Å². The van der Waals surface area contributed by atoms with Crippen LogP contribution in [0.3, 0.4) is 0 Å². The Balaban J connectivity index is 2.08. The third-order valence-corrected chi connectivity index (χ3v) is 5.75. The van der Waals surface area contributed by atoms with E-state index >= 15 is 0 Å². The summed E-state index contributed by atoms with van der Waals surface area (Å²) in [7, 11) is -3.55. The molecule has 1 saturated carbocycles. The number of nitrogens with one attached hydrogen (secondary N) is 1. The SMILES string of the molecule is CC(NS(=O)(=O)c1ccc(C(N)=S)nc1)C1CCCCC1. The van der Waals surface area contributed by atoms with Crippen LogP contribution < -0.4 is 10.5 Å². The molecule has 5 nitrogen and oxygen atoms in total. The van der Waals surface area contributed by atoms with Crippen molar-refractivity contribution in [3.8, 4) is 0 Å². The van der Waals surface area contributed by atoms with Gasteiger partial charge >= 0.3 is 0 Å². The average Bonchev–Trinajstić information content (AvgIpc) is 2.48. The molecule has 0 aromatic carbocycles. The smallest absolute Gasteiger partial charge is 0.242 e. The summed E-state index contributed by atoms with van der Waals surface area (Å²) < 4.78 is 27.5. The van der Waals surface area contributed by atoms with Crippen molar-refractivity contribution in [3.05, 3.63) is 24.0 Å². The van der Waals surface area contributed by atoms with Crippen LogP contribution in [0.25, 0.3) is 0 Å². The first-order chi connectivity index (χ1) is 9.90. The summed E-state index contributed by atoms with van der Waals surface area (Å²) in [6.07, 6.45) is 7.08. The highest BCUT2D eigenvalue weighted by Crippen LogP contribution is 2.27. The molecular formula is C14H21N3O2S2. The monoisotopic (exact) mass is 327 g/mol. The van der Waals surface area contributed by atoms with E-state index in [2.05, 4.69) is 9.71 Å². The molecule has 3 N–H and O–H groups in total. The van der Waals surface area contributed by atoms with Gasteiger partial charge in [-0.05, 0) is 37.8 Å². The van der Waals surface area contributed by atoms with Crippen molar-refractivity contribution in [2.24, 2.45) is 11.7 Å². The average molecular weight is 327 g/mol. The minimum atomic E-state index is -3.55. The molecule has 2 rings (SSSR count). The van der Waals surface area contributed by atoms with Crippen molar-refractivity contribution in [2.45, 2.75) is 50.0 Å². The number of sulfonamides is 1. The summed E-state index contributed by atoms with van der Waals surface area (Å²) in [4.78, 5) is 4.28. The summed E-state index contributed by atoms with van der Waals surface area (Å²) in [6.45, 7) is 1.93. The maximum Gasteiger partial charge on any atom is 0.242 e. The van der Waals surface area contributed by atoms with Gasteiger partial charge in [0.1, 0.15) is 9.88 Å². The van der Waals surface area contributed by atoms with Gasteiger partial charge in [0.15, 0.2) is 0 Å². The zero-order valence-electron chi connectivity index (χ0n) is 12.1. The molecule has 116 valence electrons. The fraction of sp³-hybridized carbons (Fsp3) is 0.571. The Morgan fingerprint density at radius 3 is 2.57 bits per heavy atom. The first-order valence-corrected chi connectivity index (χ1v) is 9.07. The molecule has 1 aromatic rings. The van der Waals surface area contributed by atoms with E-state index in [4.69, 9.17) is 18.0 Å². The summed E-state index contributed by atoms with van der Waals surface area (Å²) in [5.74, 6) is 0.414. The molecular weight excluding hydrogens is 306 g/mol. The molecule has 1 heterocycles. The molecule has 0 radical (unpaired) electrons. The molecule has 0 amide bonds. The highest BCUT2D eigenvalue weighted by Gasteiger charge is 2.25. The van der Waals surface area contributed by atoms with Crippen LogP contribution >= 0.6 is 12.2 Å². The number of hydrogen-bond acceptors (Lipinski definition) is 4. The third kappa shape index (κ3) is 4.21. The first kappa shape index (κ1) is 16.3. The predicted octanol–water partition coefficient (Wildman–Crippen LogP) is 1.96. The van der Waals surface area contributed by atoms with Gasteiger partial charge in [-0.3, -0.25) is 4.98 Å². The quantitative estimate of drug-likeness (QED) is 0.808. The second-order valence-electron chi connectivity index (χ2n) is 5.55. The van der Waals surface area contributed by atoms with Crippen LogP contribution in [0.2, 0.25) is 0 Å². The highest BCUT2D eigenvalue weighted by molar-refractivity contribution is 7.89. The van der Waals surface area contributed by atoms with Gasteiger partial charge in [0, 0.05) is 12.2 Å². The van der Waals surface area contributed by atoms with E-state index in [1.165, 1.54) is 37.6 Å². The number of thiocarbonyl (C=S) groups is 1. The second kappa shape index (κ2) is 6.81. The van der Waals surface area contributed by atoms with Crippen LogP contribution in [0.5, 0.6) is 0 Å². The Morgan fingerprint density at radius 1 is 1.38 bits per heavy atom. The molecule has 0 saturated heterocycles. The lowest BCUT2D eigenvalue weighted by Crippen LogP contribution is -2.38. The van der Waals surface area contributed by atoms with E-state index in [1.54, 1.807) is 0 Å². The number of hydrogen-bond donors (Lipinski definition) is 2. The summed E-state index contributed by atoms with van der Waals surface area (Å²) in [6, 6.07) is 2.95. The van der Waals surface area contributed by atoms with Crippen molar-refractivity contribution in [1.82, 2.24) is 9.71 Å². The second-order valence-corrected chi connectivity index (χ2v) is 7.71. The van der Waals surface area contributed by atoms with Crippen LogP contribution in [0.4, 0.5) is 0 Å². The number of pyridine rings is 1. The van der Waals surface area contributed by atoms with Gasteiger partial charge < -0.3 is 5.73 Å². The Morgan fingerprint density at radius 2 is 2.05 bits per heavy atom. The standard InChI is InChI=1S/C14H21N3O2S2/c1-10(11-5-3-2-4-6-11)17-21(18,19)12-7-8-13(14(15)20)16-9-12/h7-11,17H,2-6H2,1H3,(H2,15,20). The lowest BCUT2D eigenvalue weighted by molar-refractivity contribution is 0.303. The number of nitrogens with zero attached hydrogens (tertiary/aromatic N) is 1. The minimum Gasteiger partial charge on any atom is -0.388 e. The first-order valence-electron chi connectivity index (χ1n) is 7.18. The van der Waals surface area contributed by atoms with Crippen molar-refractivity contribution in [2.75, 3.05) is 0 Å². The van der Waals surface area contributed by atoms with Gasteiger partial charge in [-0.2, -0.15) is 0 Å². The molecule has 1 fully saturated rings. The fourth-order valence-corrected chi connectivity index (χ4v) is 4.11. The lowest BCUT2D eigenvalue weighted by Gasteiger charge is -2.28. The van der Waals surface area contributed by atoms with Crippen molar-refractivity contribution in [3.63, 3.8) is 0 Å². The molecule has 1 aliphatic rings. The van der Waals surface area contributed by atoms with Crippen LogP contribution in [0, 0.1) is 5.92 Å². The molecule has 7 heteroatoms. The van der Waals surface area contributed by atoms with E-state index in [1.807, 2.05) is 6.92 Å². The van der Waals surface area contributed by atoms with Gasteiger partial charge in [0.25, 0.3) is 0 Å². The molecule has 0 aliphatic heterocycles. The number of aromatic nitrogens is 1. The van der Waals surface area contributed by atoms with Crippen LogP contribution in [-0.4, -0.2) is 24.4 Å². The zero-order chi connectivity index (χ0) is 15.5. The normalized spacial score (nSPS) is 18.3. The van der Waals surface area contributed by atoms with Crippen molar-refractivity contribution >= 4 is 27.2 Å². The van der Waals surface area contributed by atoms with Crippen molar-refractivity contribution in [1.29, 1.82) is 0 Å². The molecule has 1 aromatic heterocycles. The van der Waals surface area contributed by atoms with E-state index in [0.717, 1.165) is 12.8 Å². The van der Waals surface area contributed by atoms with Crippen molar-refractivity contribution < 1.29 is 8.42 Å². The molecule has 1 atom stereocenters. The lowest BCUT2D eigenvalue weighted by atomic mass is 9.85. The van der Waals surface area contributed by atoms with E-state index < -0.39 is 10.0 Å². The van der Waals surface area contributed by atoms with Crippen LogP contribution in [0.1, 0.15) is 44.7 Å². The summed E-state index contributed by atoms with van der Waals surface area (Å²) in [5, 5.41) is 0. The van der Waals surface area contributed by atoms with E-state index in [0.29, 0.717) is 11.6 Å². The summed E-state index contributed by atoms with van der Waals surface area (Å²) in [5.41, 5.74) is 5.88. The highest BCUT2D eigenvalue weighted by atomic mass is 32.2. The predicted molar refractivity (Wildman–Crippen MR) is 86.5 cm³/mol. The maximum atomic E-state index is 12.4. The van der Waals surface area contributed by atoms with Crippen LogP contribution in [0.15, 0.2) is 23.2 Å². The molecule has 0 bridgehead atoms. The fourth-order valence-electron chi connectivity index (χ4n) is 2.73. The van der Waals surface area contributed by atoms with E-state index in [-0.39, 0.29) is 15.9 Å². The molecule has 1 aliphatic carbocycles. The Bertz CT molecular complexity index is 593. The van der Waals surface area contributed by atoms with Gasteiger partial charge in [-0.15, -0.1) is 0 Å². The van der Waals surface area contributed by atoms with Gasteiger partial charge in [-0.1, -0.05) is 31.5 Å². The third-order valence-electron chi connectivity index (χ3n) is 4.00. The largest absolute Gasteiger partial charge is 0.388 e. The van der Waals surface area contributed by atoms with Crippen LogP contribution in [-0.2, 0) is 10.0 Å². The maximum absolute atomic E-state index is 12.4. The Labute approximate surface area is 131 Å². The molecule has 0 spiro atoms. The van der Waals surface area contributed by atoms with Gasteiger partial charge in [-0.25, -0.2) is 13.1 Å². The topological polar surface area (TPSA) is 85.1 Å². The summed E-state index contributed by atoms with van der Waals surface area (Å²) >= 11 is 4.80. The minimum absolute atomic E-state index is 0.0643. The zero-order valence-corrected chi connectivity index (χ0v) is 13.7. The van der Waals surface area contributed by atoms with Gasteiger partial charge in [0.05, 0.1) is 5.69 Å². The molecule has 21 heavy (non-hydrogen) atoms. The number of nitrogens with two attached hydrogens (primary N) is 1.